The smallest absolute Gasteiger partial charge is 0.780 e. The molecule has 3 aromatic carbocycles. The van der Waals surface area contributed by atoms with Crippen LogP contribution >= 0.6 is 0 Å². The normalized spacial score (nSPS) is 11.7. The Bertz CT molecular complexity index is 1180. The summed E-state index contributed by atoms with van der Waals surface area (Å²) in [6.45, 7) is 13.3. The zero-order valence-corrected chi connectivity index (χ0v) is 28.3. The monoisotopic (exact) mass is 585 g/mol. The van der Waals surface area contributed by atoms with Crippen molar-refractivity contribution in [2.24, 2.45) is 0 Å². The largest absolute Gasteiger partial charge is 1.00 e. The average molecular weight is 586 g/mol. The molecule has 0 atom stereocenters. The molecule has 3 nitrogen and oxygen atoms in total. The summed E-state index contributed by atoms with van der Waals surface area (Å²) in [6, 6.07) is 24.8. The third-order valence-corrected chi connectivity index (χ3v) is 6.04. The predicted octanol–water partition coefficient (Wildman–Crippen LogP) is 4.38. The van der Waals surface area contributed by atoms with Crippen LogP contribution in [0.2, 0.25) is 0 Å². The molecule has 0 radical (unpaired) electrons. The van der Waals surface area contributed by atoms with Crippen molar-refractivity contribution in [3.63, 3.8) is 0 Å². The van der Waals surface area contributed by atoms with Crippen molar-refractivity contribution in [2.75, 3.05) is 0 Å². The van der Waals surface area contributed by atoms with Crippen molar-refractivity contribution in [1.29, 1.82) is 0 Å². The molecule has 0 fully saturated rings. The summed E-state index contributed by atoms with van der Waals surface area (Å²) in [6.07, 6.45) is 0. The van der Waals surface area contributed by atoms with Gasteiger partial charge in [0.05, 0.1) is 0 Å². The zero-order chi connectivity index (χ0) is 23.8. The molecule has 0 aliphatic carbocycles. The van der Waals surface area contributed by atoms with Gasteiger partial charge in [-0.25, -0.2) is 15.0 Å². The Hall–Kier alpha value is -1.06. The van der Waals surface area contributed by atoms with Gasteiger partial charge in [0.1, 0.15) is 0 Å². The van der Waals surface area contributed by atoms with Crippen LogP contribution in [0.1, 0.15) is 52.7 Å². The first kappa shape index (κ1) is 27.5. The fourth-order valence-electron chi connectivity index (χ4n) is 3.61. The quantitative estimate of drug-likeness (QED) is 0.335. The molecule has 1 aromatic heterocycles. The molecule has 4 aromatic rings. The summed E-state index contributed by atoms with van der Waals surface area (Å²) in [5.41, 5.74) is 5.60. The van der Waals surface area contributed by atoms with Gasteiger partial charge < -0.3 is 12.6 Å². The molecule has 0 bridgehead atoms. The van der Waals surface area contributed by atoms with Crippen LogP contribution in [-0.4, -0.2) is 15.0 Å². The van der Waals surface area contributed by atoms with E-state index in [0.717, 1.165) is 21.6 Å². The number of benzene rings is 3. The summed E-state index contributed by atoms with van der Waals surface area (Å²) < 4.78 is 0. The second-order valence-electron chi connectivity index (χ2n) is 10.5. The van der Waals surface area contributed by atoms with Gasteiger partial charge in [0.2, 0.25) is 0 Å². The number of hydrogen-bond donors (Lipinski definition) is 0. The van der Waals surface area contributed by atoms with Gasteiger partial charge in [-0.15, -0.1) is 0 Å². The topological polar surface area (TPSA) is 38.7 Å². The molecule has 1 heterocycles. The van der Waals surface area contributed by atoms with Gasteiger partial charge in [0.25, 0.3) is 0 Å². The Morgan fingerprint density at radius 3 is 1.00 bits per heavy atom. The first-order valence-corrected chi connectivity index (χ1v) is 11.7. The summed E-state index contributed by atoms with van der Waals surface area (Å²) in [5.74, 6) is 1.97. The van der Waals surface area contributed by atoms with E-state index in [2.05, 4.69) is 90.1 Å². The van der Waals surface area contributed by atoms with E-state index in [1.165, 1.54) is 11.1 Å². The number of aromatic nitrogens is 3. The molecular formula is C29H30CsN3S. The van der Waals surface area contributed by atoms with Crippen LogP contribution in [-0.2, 0) is 23.5 Å². The molecule has 0 aliphatic heterocycles. The molecule has 34 heavy (non-hydrogen) atoms. The average Bonchev–Trinajstić information content (AvgIpc) is 2.78. The second-order valence-corrected chi connectivity index (χ2v) is 11.0. The van der Waals surface area contributed by atoms with Gasteiger partial charge in [-0.2, -0.15) is 4.90 Å². The molecule has 5 heteroatoms. The van der Waals surface area contributed by atoms with E-state index < -0.39 is 0 Å². The van der Waals surface area contributed by atoms with E-state index in [-0.39, 0.29) is 79.7 Å². The van der Waals surface area contributed by atoms with Crippen LogP contribution in [0.4, 0.5) is 0 Å². The molecule has 0 aliphatic rings. The minimum atomic E-state index is 0. The summed E-state index contributed by atoms with van der Waals surface area (Å²) in [7, 11) is 0. The van der Waals surface area contributed by atoms with Gasteiger partial charge in [-0.1, -0.05) is 114 Å². The molecule has 0 saturated heterocycles. The Balaban J connectivity index is 0.00000324. The molecule has 4 rings (SSSR count). The van der Waals surface area contributed by atoms with Gasteiger partial charge >= 0.3 is 68.9 Å². The fourth-order valence-corrected chi connectivity index (χ4v) is 3.74. The van der Waals surface area contributed by atoms with E-state index in [0.29, 0.717) is 17.5 Å². The Kier molecular flexibility index (Phi) is 8.83. The molecule has 0 spiro atoms. The summed E-state index contributed by atoms with van der Waals surface area (Å²) in [4.78, 5) is 15.3. The van der Waals surface area contributed by atoms with Gasteiger partial charge in [-0.05, 0) is 22.0 Å². The van der Waals surface area contributed by atoms with Crippen LogP contribution in [0.5, 0.6) is 0 Å². The standard InChI is InChI=1S/C29H31N3S.Cs/c1-28(2,3)22-13-7-19(8-14-22)25-30-26(20-9-15-23(16-10-20)29(4,5)6)32-27(31-25)21-11-17-24(33)18-12-21;/h7-18,33H,1-6H3;/q;+1/p-1. The maximum Gasteiger partial charge on any atom is 1.00 e. The maximum absolute atomic E-state index is 5.26. The van der Waals surface area contributed by atoms with Crippen LogP contribution in [0.3, 0.4) is 0 Å². The van der Waals surface area contributed by atoms with E-state index in [9.17, 15) is 0 Å². The van der Waals surface area contributed by atoms with E-state index >= 15 is 0 Å². The number of nitrogens with zero attached hydrogens (tertiary/aromatic N) is 3. The molecule has 0 saturated carbocycles. The van der Waals surface area contributed by atoms with E-state index in [1.807, 2.05) is 24.3 Å². The molecule has 0 unspecified atom stereocenters. The fraction of sp³-hybridized carbons (Fsp3) is 0.276. The van der Waals surface area contributed by atoms with Crippen molar-refractivity contribution < 1.29 is 68.9 Å². The third kappa shape index (κ3) is 6.58. The Morgan fingerprint density at radius 1 is 0.471 bits per heavy atom. The van der Waals surface area contributed by atoms with Crippen LogP contribution in [0, 0.1) is 0 Å². The van der Waals surface area contributed by atoms with Crippen molar-refractivity contribution in [3.8, 4) is 34.2 Å². The SMILES string of the molecule is CC(C)(C)c1ccc(-c2nc(-c3ccc([S-])cc3)nc(-c3ccc(C(C)(C)C)cc3)n2)cc1.[Cs+]. The maximum atomic E-state index is 5.26. The van der Waals surface area contributed by atoms with Crippen LogP contribution in [0.25, 0.3) is 34.2 Å². The van der Waals surface area contributed by atoms with Crippen LogP contribution in [0.15, 0.2) is 77.7 Å². The molecule has 0 amide bonds. The van der Waals surface area contributed by atoms with Crippen molar-refractivity contribution in [2.45, 2.75) is 57.3 Å². The van der Waals surface area contributed by atoms with Gasteiger partial charge in [0, 0.05) is 16.7 Å². The summed E-state index contributed by atoms with van der Waals surface area (Å²) >= 11 is 5.26. The third-order valence-electron chi connectivity index (χ3n) is 5.77. The van der Waals surface area contributed by atoms with Crippen LogP contribution < -0.4 is 68.9 Å². The van der Waals surface area contributed by atoms with E-state index in [1.54, 1.807) is 0 Å². The van der Waals surface area contributed by atoms with Crippen molar-refractivity contribution in [1.82, 2.24) is 15.0 Å². The van der Waals surface area contributed by atoms with Crippen molar-refractivity contribution >= 4 is 12.6 Å². The number of rotatable bonds is 3. The van der Waals surface area contributed by atoms with Gasteiger partial charge in [-0.3, -0.25) is 0 Å². The van der Waals surface area contributed by atoms with E-state index in [4.69, 9.17) is 27.6 Å². The Morgan fingerprint density at radius 2 is 0.735 bits per heavy atom. The predicted molar refractivity (Wildman–Crippen MR) is 139 cm³/mol. The summed E-state index contributed by atoms with van der Waals surface area (Å²) in [5, 5.41) is 0. The molecular weight excluding hydrogens is 555 g/mol. The molecule has 168 valence electrons. The van der Waals surface area contributed by atoms with Gasteiger partial charge in [0.15, 0.2) is 17.5 Å². The minimum Gasteiger partial charge on any atom is -0.780 e. The minimum absolute atomic E-state index is 0. The first-order valence-electron chi connectivity index (χ1n) is 11.3. The second kappa shape index (κ2) is 10.9. The molecule has 0 N–H and O–H groups in total. The zero-order valence-electron chi connectivity index (χ0n) is 21.2. The Labute approximate surface area is 268 Å². The number of hydrogen-bond acceptors (Lipinski definition) is 4. The first-order chi connectivity index (χ1) is 15.5. The van der Waals surface area contributed by atoms with Crippen molar-refractivity contribution in [3.05, 3.63) is 83.9 Å².